The van der Waals surface area contributed by atoms with Gasteiger partial charge in [0.15, 0.2) is 0 Å². The Hall–Kier alpha value is -0.610. The predicted molar refractivity (Wildman–Crippen MR) is 27.0 cm³/mol. The van der Waals surface area contributed by atoms with Crippen LogP contribution in [-0.2, 0) is 4.79 Å². The highest BCUT2D eigenvalue weighted by atomic mass is 16.4. The van der Waals surface area contributed by atoms with Gasteiger partial charge in [-0.05, 0) is 6.92 Å². The number of nitrogens with two attached hydrogens (primary N) is 1. The summed E-state index contributed by atoms with van der Waals surface area (Å²) in [5.74, 6) is -1.96. The van der Waals surface area contributed by atoms with E-state index < -0.39 is 18.1 Å². The monoisotopic (exact) mass is 119 g/mol. The standard InChI is InChI=1S/C4H9NO3/c1-2(3(5)6)4(7)8/h2-3,6H,5H2,1H3,(H,7,8)/t2-,3-/m0/s1. The molecular weight excluding hydrogens is 110 g/mol. The summed E-state index contributed by atoms with van der Waals surface area (Å²) in [6, 6.07) is 0. The Kier molecular flexibility index (Phi) is 2.44. The first-order valence-corrected chi connectivity index (χ1v) is 2.22. The number of aliphatic carboxylic acids is 1. The van der Waals surface area contributed by atoms with Crippen LogP contribution in [0.15, 0.2) is 0 Å². The Bertz CT molecular complexity index is 91.3. The molecule has 8 heavy (non-hydrogen) atoms. The van der Waals surface area contributed by atoms with E-state index in [1.165, 1.54) is 6.92 Å². The van der Waals surface area contributed by atoms with E-state index in [0.717, 1.165) is 0 Å². The fraction of sp³-hybridized carbons (Fsp3) is 0.750. The SMILES string of the molecule is C[C@H](C(=O)O)[C@@H](N)O. The van der Waals surface area contributed by atoms with Crippen LogP contribution in [0.1, 0.15) is 6.92 Å². The average Bonchev–Trinajstić information content (AvgIpc) is 1.64. The summed E-state index contributed by atoms with van der Waals surface area (Å²) in [5.41, 5.74) is 4.81. The molecule has 4 nitrogen and oxygen atoms in total. The second kappa shape index (κ2) is 2.64. The van der Waals surface area contributed by atoms with Crippen molar-refractivity contribution in [2.24, 2.45) is 11.7 Å². The van der Waals surface area contributed by atoms with E-state index >= 15 is 0 Å². The van der Waals surface area contributed by atoms with Gasteiger partial charge in [-0.3, -0.25) is 4.79 Å². The van der Waals surface area contributed by atoms with Crippen molar-refractivity contribution in [3.63, 3.8) is 0 Å². The second-order valence-electron chi connectivity index (χ2n) is 1.62. The summed E-state index contributed by atoms with van der Waals surface area (Å²) in [6.07, 6.45) is -1.26. The highest BCUT2D eigenvalue weighted by Gasteiger charge is 2.16. The van der Waals surface area contributed by atoms with Gasteiger partial charge in [-0.1, -0.05) is 0 Å². The first-order chi connectivity index (χ1) is 3.55. The zero-order valence-corrected chi connectivity index (χ0v) is 4.53. The van der Waals surface area contributed by atoms with Crippen molar-refractivity contribution in [1.82, 2.24) is 0 Å². The van der Waals surface area contributed by atoms with Crippen LogP contribution in [-0.4, -0.2) is 22.4 Å². The Morgan fingerprint density at radius 3 is 2.12 bits per heavy atom. The number of aliphatic hydroxyl groups excluding tert-OH is 1. The number of aliphatic hydroxyl groups is 1. The van der Waals surface area contributed by atoms with Gasteiger partial charge in [0.2, 0.25) is 0 Å². The van der Waals surface area contributed by atoms with E-state index in [1.807, 2.05) is 0 Å². The summed E-state index contributed by atoms with van der Waals surface area (Å²) in [7, 11) is 0. The molecule has 0 aromatic rings. The molecule has 0 saturated heterocycles. The third-order valence-corrected chi connectivity index (χ3v) is 0.902. The third-order valence-electron chi connectivity index (χ3n) is 0.902. The number of carboxylic acids is 1. The van der Waals surface area contributed by atoms with Gasteiger partial charge in [0.05, 0.1) is 5.92 Å². The van der Waals surface area contributed by atoms with E-state index in [4.69, 9.17) is 15.9 Å². The van der Waals surface area contributed by atoms with Crippen LogP contribution in [0, 0.1) is 5.92 Å². The lowest BCUT2D eigenvalue weighted by molar-refractivity contribution is -0.144. The van der Waals surface area contributed by atoms with Gasteiger partial charge in [-0.2, -0.15) is 0 Å². The van der Waals surface area contributed by atoms with Gasteiger partial charge in [0, 0.05) is 0 Å². The van der Waals surface area contributed by atoms with Crippen molar-refractivity contribution < 1.29 is 15.0 Å². The Labute approximate surface area is 46.9 Å². The van der Waals surface area contributed by atoms with Crippen molar-refractivity contribution in [3.8, 4) is 0 Å². The van der Waals surface area contributed by atoms with Gasteiger partial charge in [0.25, 0.3) is 0 Å². The Morgan fingerprint density at radius 1 is 1.75 bits per heavy atom. The van der Waals surface area contributed by atoms with Crippen LogP contribution in [0.2, 0.25) is 0 Å². The van der Waals surface area contributed by atoms with Crippen LogP contribution in [0.3, 0.4) is 0 Å². The average molecular weight is 119 g/mol. The summed E-state index contributed by atoms with van der Waals surface area (Å²) in [4.78, 5) is 9.90. The normalized spacial score (nSPS) is 17.4. The minimum Gasteiger partial charge on any atom is -0.481 e. The maximum atomic E-state index is 9.90. The molecule has 0 fully saturated rings. The lowest BCUT2D eigenvalue weighted by atomic mass is 10.2. The number of hydrogen-bond donors (Lipinski definition) is 3. The lowest BCUT2D eigenvalue weighted by Gasteiger charge is -2.06. The van der Waals surface area contributed by atoms with Crippen LogP contribution in [0.4, 0.5) is 0 Å². The molecule has 4 heteroatoms. The van der Waals surface area contributed by atoms with Gasteiger partial charge < -0.3 is 15.9 Å². The molecule has 0 unspecified atom stereocenters. The van der Waals surface area contributed by atoms with Gasteiger partial charge in [0.1, 0.15) is 6.23 Å². The van der Waals surface area contributed by atoms with Gasteiger partial charge >= 0.3 is 5.97 Å². The van der Waals surface area contributed by atoms with Crippen LogP contribution in [0.5, 0.6) is 0 Å². The molecule has 0 aromatic heterocycles. The van der Waals surface area contributed by atoms with E-state index in [2.05, 4.69) is 0 Å². The van der Waals surface area contributed by atoms with Crippen molar-refractivity contribution in [2.45, 2.75) is 13.2 Å². The molecule has 2 atom stereocenters. The zero-order chi connectivity index (χ0) is 6.73. The van der Waals surface area contributed by atoms with E-state index in [9.17, 15) is 4.79 Å². The summed E-state index contributed by atoms with van der Waals surface area (Å²) in [6.45, 7) is 1.34. The molecular formula is C4H9NO3. The van der Waals surface area contributed by atoms with Crippen LogP contribution in [0.25, 0.3) is 0 Å². The Balaban J connectivity index is 3.64. The number of carbonyl (C=O) groups is 1. The summed E-state index contributed by atoms with van der Waals surface area (Å²) < 4.78 is 0. The number of hydrogen-bond acceptors (Lipinski definition) is 3. The van der Waals surface area contributed by atoms with Crippen LogP contribution >= 0.6 is 0 Å². The van der Waals surface area contributed by atoms with Crippen molar-refractivity contribution >= 4 is 5.97 Å². The third kappa shape index (κ3) is 1.90. The minimum absolute atomic E-state index is 0.880. The number of carboxylic acid groups (broad SMARTS) is 1. The smallest absolute Gasteiger partial charge is 0.310 e. The first kappa shape index (κ1) is 7.39. The molecule has 0 rings (SSSR count). The highest BCUT2D eigenvalue weighted by molar-refractivity contribution is 5.69. The predicted octanol–water partition coefficient (Wildman–Crippen LogP) is -1.02. The second-order valence-corrected chi connectivity index (χ2v) is 1.62. The highest BCUT2D eigenvalue weighted by Crippen LogP contribution is 1.95. The maximum absolute atomic E-state index is 9.90. The molecule has 0 aliphatic carbocycles. The Morgan fingerprint density at radius 2 is 2.12 bits per heavy atom. The van der Waals surface area contributed by atoms with E-state index in [1.54, 1.807) is 0 Å². The topological polar surface area (TPSA) is 83.5 Å². The zero-order valence-electron chi connectivity index (χ0n) is 4.53. The van der Waals surface area contributed by atoms with Crippen molar-refractivity contribution in [1.29, 1.82) is 0 Å². The molecule has 0 heterocycles. The van der Waals surface area contributed by atoms with Crippen molar-refractivity contribution in [2.75, 3.05) is 0 Å². The fourth-order valence-corrected chi connectivity index (χ4v) is 0.146. The molecule has 0 bridgehead atoms. The molecule has 0 amide bonds. The molecule has 0 saturated carbocycles. The van der Waals surface area contributed by atoms with Gasteiger partial charge in [-0.25, -0.2) is 0 Å². The molecule has 0 radical (unpaired) electrons. The van der Waals surface area contributed by atoms with E-state index in [-0.39, 0.29) is 0 Å². The quantitative estimate of drug-likeness (QED) is 0.406. The number of rotatable bonds is 2. The lowest BCUT2D eigenvalue weighted by Crippen LogP contribution is -2.32. The van der Waals surface area contributed by atoms with Crippen LogP contribution < -0.4 is 5.73 Å². The molecule has 0 aromatic carbocycles. The van der Waals surface area contributed by atoms with Crippen molar-refractivity contribution in [3.05, 3.63) is 0 Å². The van der Waals surface area contributed by atoms with E-state index in [0.29, 0.717) is 0 Å². The maximum Gasteiger partial charge on any atom is 0.310 e. The molecule has 48 valence electrons. The van der Waals surface area contributed by atoms with Gasteiger partial charge in [-0.15, -0.1) is 0 Å². The molecule has 0 aliphatic rings. The fourth-order valence-electron chi connectivity index (χ4n) is 0.146. The molecule has 0 spiro atoms. The largest absolute Gasteiger partial charge is 0.481 e. The summed E-state index contributed by atoms with van der Waals surface area (Å²) >= 11 is 0. The summed E-state index contributed by atoms with van der Waals surface area (Å²) in [5, 5.41) is 16.5. The first-order valence-electron chi connectivity index (χ1n) is 2.22. The molecule has 0 aliphatic heterocycles. The molecule has 4 N–H and O–H groups in total. The minimum atomic E-state index is -1.26.